The highest BCUT2D eigenvalue weighted by molar-refractivity contribution is 5.74. The predicted molar refractivity (Wildman–Crippen MR) is 58.3 cm³/mol. The van der Waals surface area contributed by atoms with Crippen molar-refractivity contribution in [2.24, 2.45) is 0 Å². The first-order valence-corrected chi connectivity index (χ1v) is 5.38. The fourth-order valence-corrected chi connectivity index (χ4v) is 2.26. The minimum absolute atomic E-state index is 0.173. The van der Waals surface area contributed by atoms with Crippen LogP contribution < -0.4 is 0 Å². The van der Waals surface area contributed by atoms with Crippen molar-refractivity contribution < 1.29 is 4.79 Å². The molecular formula is C12H16N2O. The highest BCUT2D eigenvalue weighted by Crippen LogP contribution is 2.31. The number of rotatable bonds is 1. The molecule has 1 atom stereocenters. The van der Waals surface area contributed by atoms with Crippen LogP contribution in [0.25, 0.3) is 0 Å². The molecule has 2 heterocycles. The number of amides is 1. The lowest BCUT2D eigenvalue weighted by Crippen LogP contribution is -2.28. The second kappa shape index (κ2) is 4.01. The molecule has 1 aromatic heterocycles. The van der Waals surface area contributed by atoms with Crippen LogP contribution in [-0.4, -0.2) is 22.3 Å². The summed E-state index contributed by atoms with van der Waals surface area (Å²) in [5, 5.41) is 0. The molecule has 1 saturated heterocycles. The van der Waals surface area contributed by atoms with E-state index in [2.05, 4.69) is 11.1 Å². The molecule has 0 radical (unpaired) electrons. The first-order valence-electron chi connectivity index (χ1n) is 5.38. The van der Waals surface area contributed by atoms with Gasteiger partial charge in [0.05, 0.1) is 6.04 Å². The van der Waals surface area contributed by atoms with E-state index >= 15 is 0 Å². The maximum Gasteiger partial charge on any atom is 0.219 e. The average Bonchev–Trinajstić information content (AvgIpc) is 2.65. The van der Waals surface area contributed by atoms with Gasteiger partial charge in [0.1, 0.15) is 0 Å². The van der Waals surface area contributed by atoms with E-state index < -0.39 is 0 Å². The zero-order chi connectivity index (χ0) is 10.8. The van der Waals surface area contributed by atoms with Crippen LogP contribution in [-0.2, 0) is 4.79 Å². The Morgan fingerprint density at radius 1 is 1.60 bits per heavy atom. The first kappa shape index (κ1) is 10.1. The van der Waals surface area contributed by atoms with Gasteiger partial charge in [0, 0.05) is 25.4 Å². The third-order valence-electron chi connectivity index (χ3n) is 2.96. The van der Waals surface area contributed by atoms with Crippen LogP contribution in [0.5, 0.6) is 0 Å². The third-order valence-corrected chi connectivity index (χ3v) is 2.96. The number of aromatic nitrogens is 1. The van der Waals surface area contributed by atoms with Crippen molar-refractivity contribution >= 4 is 5.91 Å². The van der Waals surface area contributed by atoms with Crippen molar-refractivity contribution in [3.63, 3.8) is 0 Å². The van der Waals surface area contributed by atoms with Gasteiger partial charge in [-0.25, -0.2) is 0 Å². The number of hydrogen-bond acceptors (Lipinski definition) is 2. The van der Waals surface area contributed by atoms with Crippen LogP contribution in [0.4, 0.5) is 0 Å². The lowest BCUT2D eigenvalue weighted by atomic mass is 10.1. The molecule has 80 valence electrons. The van der Waals surface area contributed by atoms with Gasteiger partial charge in [0.2, 0.25) is 5.91 Å². The molecule has 1 aliphatic heterocycles. The Bertz CT molecular complexity index is 376. The summed E-state index contributed by atoms with van der Waals surface area (Å²) >= 11 is 0. The van der Waals surface area contributed by atoms with Gasteiger partial charge in [-0.3, -0.25) is 9.78 Å². The molecule has 3 nitrogen and oxygen atoms in total. The molecule has 1 fully saturated rings. The van der Waals surface area contributed by atoms with E-state index in [0.29, 0.717) is 0 Å². The second-order valence-corrected chi connectivity index (χ2v) is 4.10. The summed E-state index contributed by atoms with van der Waals surface area (Å²) in [5.74, 6) is 0.173. The fourth-order valence-electron chi connectivity index (χ4n) is 2.26. The summed E-state index contributed by atoms with van der Waals surface area (Å²) in [4.78, 5) is 17.6. The Morgan fingerprint density at radius 2 is 2.40 bits per heavy atom. The van der Waals surface area contributed by atoms with E-state index in [1.165, 1.54) is 5.56 Å². The molecule has 3 heteroatoms. The van der Waals surface area contributed by atoms with Crippen molar-refractivity contribution in [1.29, 1.82) is 0 Å². The highest BCUT2D eigenvalue weighted by Gasteiger charge is 2.27. The topological polar surface area (TPSA) is 33.2 Å². The van der Waals surface area contributed by atoms with Gasteiger partial charge in [-0.2, -0.15) is 0 Å². The van der Waals surface area contributed by atoms with E-state index in [-0.39, 0.29) is 11.9 Å². The zero-order valence-electron chi connectivity index (χ0n) is 9.23. The number of nitrogens with zero attached hydrogens (tertiary/aromatic N) is 2. The molecule has 1 amide bonds. The van der Waals surface area contributed by atoms with Crippen LogP contribution in [0, 0.1) is 6.92 Å². The van der Waals surface area contributed by atoms with Crippen LogP contribution >= 0.6 is 0 Å². The number of carbonyl (C=O) groups is 1. The lowest BCUT2D eigenvalue weighted by Gasteiger charge is -2.23. The Morgan fingerprint density at radius 3 is 3.07 bits per heavy atom. The quantitative estimate of drug-likeness (QED) is 0.701. The molecule has 15 heavy (non-hydrogen) atoms. The summed E-state index contributed by atoms with van der Waals surface area (Å²) < 4.78 is 0. The summed E-state index contributed by atoms with van der Waals surface area (Å²) in [5.41, 5.74) is 2.23. The number of likely N-dealkylation sites (tertiary alicyclic amines) is 1. The molecule has 0 saturated carbocycles. The fraction of sp³-hybridized carbons (Fsp3) is 0.500. The van der Waals surface area contributed by atoms with Crippen molar-refractivity contribution in [2.45, 2.75) is 32.7 Å². The maximum absolute atomic E-state index is 11.4. The van der Waals surface area contributed by atoms with Gasteiger partial charge in [-0.1, -0.05) is 0 Å². The summed E-state index contributed by atoms with van der Waals surface area (Å²) in [6.07, 6.45) is 4.00. The molecular weight excluding hydrogens is 188 g/mol. The van der Waals surface area contributed by atoms with Crippen molar-refractivity contribution in [1.82, 2.24) is 9.88 Å². The largest absolute Gasteiger partial charge is 0.336 e. The second-order valence-electron chi connectivity index (χ2n) is 4.10. The van der Waals surface area contributed by atoms with Crippen LogP contribution in [0.2, 0.25) is 0 Å². The minimum atomic E-state index is 0.173. The molecule has 0 aromatic carbocycles. The number of aryl methyl sites for hydroxylation is 1. The molecule has 1 aromatic rings. The summed E-state index contributed by atoms with van der Waals surface area (Å²) in [6.45, 7) is 4.52. The standard InChI is InChI=1S/C12H16N2O/c1-9-8-11(5-6-13-9)12-4-3-7-14(12)10(2)15/h5-6,8,12H,3-4,7H2,1-2H3/t12-/m0/s1. The van der Waals surface area contributed by atoms with Gasteiger partial charge in [-0.05, 0) is 37.5 Å². The number of hydrogen-bond donors (Lipinski definition) is 0. The monoisotopic (exact) mass is 204 g/mol. The average molecular weight is 204 g/mol. The van der Waals surface area contributed by atoms with E-state index in [4.69, 9.17) is 0 Å². The van der Waals surface area contributed by atoms with Crippen LogP contribution in [0.15, 0.2) is 18.3 Å². The maximum atomic E-state index is 11.4. The molecule has 2 rings (SSSR count). The predicted octanol–water partition coefficient (Wildman–Crippen LogP) is 2.07. The SMILES string of the molecule is CC(=O)N1CCC[C@H]1c1ccnc(C)c1. The highest BCUT2D eigenvalue weighted by atomic mass is 16.2. The van der Waals surface area contributed by atoms with Crippen molar-refractivity contribution in [3.05, 3.63) is 29.6 Å². The Balaban J connectivity index is 2.26. The molecule has 0 unspecified atom stereocenters. The van der Waals surface area contributed by atoms with Crippen LogP contribution in [0.1, 0.15) is 37.1 Å². The molecule has 0 bridgehead atoms. The Kier molecular flexibility index (Phi) is 2.71. The third kappa shape index (κ3) is 2.01. The normalized spacial score (nSPS) is 20.7. The molecule has 0 N–H and O–H groups in total. The first-order chi connectivity index (χ1) is 7.18. The summed E-state index contributed by atoms with van der Waals surface area (Å²) in [6, 6.07) is 4.36. The van der Waals surface area contributed by atoms with Gasteiger partial charge in [0.25, 0.3) is 0 Å². The van der Waals surface area contributed by atoms with Gasteiger partial charge < -0.3 is 4.90 Å². The summed E-state index contributed by atoms with van der Waals surface area (Å²) in [7, 11) is 0. The van der Waals surface area contributed by atoms with Crippen LogP contribution in [0.3, 0.4) is 0 Å². The van der Waals surface area contributed by atoms with Crippen molar-refractivity contribution in [2.75, 3.05) is 6.54 Å². The molecule has 1 aliphatic rings. The van der Waals surface area contributed by atoms with Gasteiger partial charge >= 0.3 is 0 Å². The molecule has 0 spiro atoms. The van der Waals surface area contributed by atoms with Gasteiger partial charge in [0.15, 0.2) is 0 Å². The van der Waals surface area contributed by atoms with E-state index in [1.807, 2.05) is 24.1 Å². The number of pyridine rings is 1. The Hall–Kier alpha value is -1.38. The van der Waals surface area contributed by atoms with Gasteiger partial charge in [-0.15, -0.1) is 0 Å². The van der Waals surface area contributed by atoms with E-state index in [9.17, 15) is 4.79 Å². The van der Waals surface area contributed by atoms with E-state index in [1.54, 1.807) is 6.92 Å². The molecule has 0 aliphatic carbocycles. The number of carbonyl (C=O) groups excluding carboxylic acids is 1. The Labute approximate surface area is 90.1 Å². The lowest BCUT2D eigenvalue weighted by molar-refractivity contribution is -0.129. The smallest absolute Gasteiger partial charge is 0.219 e. The van der Waals surface area contributed by atoms with Crippen molar-refractivity contribution in [3.8, 4) is 0 Å². The zero-order valence-corrected chi connectivity index (χ0v) is 9.23. The minimum Gasteiger partial charge on any atom is -0.336 e. The van der Waals surface area contributed by atoms with E-state index in [0.717, 1.165) is 25.1 Å².